The van der Waals surface area contributed by atoms with E-state index < -0.39 is 5.97 Å². The highest BCUT2D eigenvalue weighted by Crippen LogP contribution is 2.15. The van der Waals surface area contributed by atoms with Crippen molar-refractivity contribution in [3.8, 4) is 5.75 Å². The molecule has 2 N–H and O–H groups in total. The van der Waals surface area contributed by atoms with Gasteiger partial charge < -0.3 is 72.0 Å². The number of carbonyl (C=O) groups excluding carboxylic acids is 1. The Morgan fingerprint density at radius 1 is 0.431 bits per heavy atom. The Hall–Kier alpha value is -2.52. The average Bonchev–Trinajstić information content (AvgIpc) is 3.11. The molecule has 17 heteroatoms. The van der Waals surface area contributed by atoms with Crippen molar-refractivity contribution in [3.05, 3.63) is 24.3 Å². The van der Waals surface area contributed by atoms with Crippen molar-refractivity contribution in [1.29, 1.82) is 0 Å². The zero-order chi connectivity index (χ0) is 36.7. The number of benzene rings is 1. The van der Waals surface area contributed by atoms with Crippen LogP contribution in [-0.4, -0.2) is 182 Å². The first-order valence-electron chi connectivity index (χ1n) is 17.2. The monoisotopic (exact) mass is 737 g/mol. The van der Waals surface area contributed by atoms with Crippen molar-refractivity contribution >= 4 is 17.6 Å². The molecule has 0 saturated carbocycles. The first kappa shape index (κ1) is 46.5. The van der Waals surface area contributed by atoms with Crippen LogP contribution in [0.5, 0.6) is 5.75 Å². The average molecular weight is 738 g/mol. The minimum Gasteiger partial charge on any atom is -0.491 e. The molecule has 0 saturated heterocycles. The summed E-state index contributed by atoms with van der Waals surface area (Å²) in [5.74, 6) is -0.402. The molecule has 51 heavy (non-hydrogen) atoms. The Balaban J connectivity index is 1.65. The summed E-state index contributed by atoms with van der Waals surface area (Å²) < 4.78 is 70.3. The number of carbonyl (C=O) groups is 2. The van der Waals surface area contributed by atoms with E-state index in [9.17, 15) is 9.59 Å². The number of nitrogens with one attached hydrogen (secondary N) is 1. The molecule has 0 fully saturated rings. The zero-order valence-corrected chi connectivity index (χ0v) is 30.1. The lowest BCUT2D eigenvalue weighted by molar-refractivity contribution is -0.142. The highest BCUT2D eigenvalue weighted by molar-refractivity contribution is 5.88. The van der Waals surface area contributed by atoms with Crippen molar-refractivity contribution in [2.45, 2.75) is 6.92 Å². The number of rotatable bonds is 40. The van der Waals surface area contributed by atoms with Crippen LogP contribution in [0.4, 0.5) is 5.69 Å². The molecule has 17 nitrogen and oxygen atoms in total. The number of carboxylic acid groups (broad SMARTS) is 1. The molecule has 0 aliphatic rings. The van der Waals surface area contributed by atoms with Gasteiger partial charge in [0, 0.05) is 12.6 Å². The predicted molar refractivity (Wildman–Crippen MR) is 184 cm³/mol. The molecule has 0 bridgehead atoms. The van der Waals surface area contributed by atoms with Gasteiger partial charge >= 0.3 is 5.97 Å². The maximum atomic E-state index is 11.0. The fourth-order valence-corrected chi connectivity index (χ4v) is 3.63. The molecule has 1 rings (SSSR count). The maximum absolute atomic E-state index is 11.0. The third-order valence-electron chi connectivity index (χ3n) is 5.99. The molecule has 1 aromatic rings. The lowest BCUT2D eigenvalue weighted by Crippen LogP contribution is -2.16. The quantitative estimate of drug-likeness (QED) is 0.0918. The van der Waals surface area contributed by atoms with Gasteiger partial charge in [-0.3, -0.25) is 4.79 Å². The van der Waals surface area contributed by atoms with Gasteiger partial charge in [0.2, 0.25) is 5.91 Å². The van der Waals surface area contributed by atoms with Crippen LogP contribution < -0.4 is 10.1 Å². The highest BCUT2D eigenvalue weighted by atomic mass is 16.6. The van der Waals surface area contributed by atoms with Crippen LogP contribution in [0.15, 0.2) is 24.3 Å². The Kier molecular flexibility index (Phi) is 34.0. The topological polar surface area (TPSA) is 186 Å². The van der Waals surface area contributed by atoms with E-state index in [0.717, 1.165) is 5.69 Å². The molecule has 1 aromatic carbocycles. The summed E-state index contributed by atoms with van der Waals surface area (Å²) in [5, 5.41) is 11.1. The van der Waals surface area contributed by atoms with Gasteiger partial charge in [-0.25, -0.2) is 4.79 Å². The summed E-state index contributed by atoms with van der Waals surface area (Å²) in [6.45, 7) is 12.0. The number of anilines is 1. The van der Waals surface area contributed by atoms with Crippen molar-refractivity contribution in [3.63, 3.8) is 0 Å². The molecule has 0 heterocycles. The molecule has 0 aromatic heterocycles. The SMILES string of the molecule is CC(=O)Nc1ccc(OCCOCCOCCOCCOCCOCCOCCOCCOCCOCCOCCOCCOCC(=O)O)cc1. The summed E-state index contributed by atoms with van der Waals surface area (Å²) in [6, 6.07) is 7.16. The van der Waals surface area contributed by atoms with Gasteiger partial charge in [-0.2, -0.15) is 0 Å². The van der Waals surface area contributed by atoms with Crippen LogP contribution in [0.2, 0.25) is 0 Å². The van der Waals surface area contributed by atoms with Crippen LogP contribution in [0.1, 0.15) is 6.92 Å². The number of ether oxygens (including phenoxy) is 13. The smallest absolute Gasteiger partial charge is 0.329 e. The standard InChI is InChI=1S/C34H59NO16/c1-31(36)35-32-2-4-33(5-3-32)51-29-28-49-25-24-47-21-20-45-17-16-43-13-12-41-9-8-39-6-7-40-10-11-42-14-15-44-18-19-46-22-23-48-26-27-50-30-34(37)38/h2-5H,6-30H2,1H3,(H,35,36)(H,37,38). The van der Waals surface area contributed by atoms with E-state index in [1.54, 1.807) is 24.3 Å². The highest BCUT2D eigenvalue weighted by Gasteiger charge is 2.00. The van der Waals surface area contributed by atoms with E-state index in [2.05, 4.69) is 5.32 Å². The third-order valence-corrected chi connectivity index (χ3v) is 5.99. The van der Waals surface area contributed by atoms with Crippen LogP contribution in [-0.2, 0) is 66.4 Å². The minimum absolute atomic E-state index is 0.113. The first-order chi connectivity index (χ1) is 25.1. The summed E-state index contributed by atoms with van der Waals surface area (Å²) in [7, 11) is 0. The summed E-state index contributed by atoms with van der Waals surface area (Å²) >= 11 is 0. The van der Waals surface area contributed by atoms with E-state index >= 15 is 0 Å². The van der Waals surface area contributed by atoms with Gasteiger partial charge in [0.1, 0.15) is 19.0 Å². The molecule has 0 aliphatic carbocycles. The van der Waals surface area contributed by atoms with Gasteiger partial charge in [-0.1, -0.05) is 0 Å². The second-order valence-corrected chi connectivity index (χ2v) is 10.2. The van der Waals surface area contributed by atoms with Gasteiger partial charge in [0.05, 0.1) is 152 Å². The summed E-state index contributed by atoms with van der Waals surface area (Å²) in [5.41, 5.74) is 0.726. The van der Waals surface area contributed by atoms with Gasteiger partial charge in [0.15, 0.2) is 0 Å². The van der Waals surface area contributed by atoms with E-state index in [-0.39, 0.29) is 19.1 Å². The Labute approximate surface area is 301 Å². The van der Waals surface area contributed by atoms with Gasteiger partial charge in [-0.05, 0) is 24.3 Å². The number of carboxylic acids is 1. The molecular formula is C34H59NO16. The van der Waals surface area contributed by atoms with Gasteiger partial charge in [-0.15, -0.1) is 0 Å². The summed E-state index contributed by atoms with van der Waals surface area (Å²) in [4.78, 5) is 21.3. The first-order valence-corrected chi connectivity index (χ1v) is 17.2. The minimum atomic E-state index is -1.000. The number of hydrogen-bond acceptors (Lipinski definition) is 15. The molecule has 0 atom stereocenters. The summed E-state index contributed by atoms with van der Waals surface area (Å²) in [6.07, 6.45) is 0. The molecule has 0 radical (unpaired) electrons. The normalized spacial score (nSPS) is 11.2. The number of amides is 1. The zero-order valence-electron chi connectivity index (χ0n) is 30.1. The van der Waals surface area contributed by atoms with Crippen LogP contribution in [0.25, 0.3) is 0 Å². The largest absolute Gasteiger partial charge is 0.491 e. The van der Waals surface area contributed by atoms with Crippen molar-refractivity contribution in [2.75, 3.05) is 170 Å². The van der Waals surface area contributed by atoms with Crippen molar-refractivity contribution in [2.24, 2.45) is 0 Å². The number of hydrogen-bond donors (Lipinski definition) is 2. The van der Waals surface area contributed by atoms with Gasteiger partial charge in [0.25, 0.3) is 0 Å². The molecule has 0 spiro atoms. The maximum Gasteiger partial charge on any atom is 0.329 e. The Bertz CT molecular complexity index is 911. The third kappa shape index (κ3) is 35.7. The van der Waals surface area contributed by atoms with E-state index in [1.807, 2.05) is 0 Å². The molecular weight excluding hydrogens is 678 g/mol. The fourth-order valence-electron chi connectivity index (χ4n) is 3.63. The van der Waals surface area contributed by atoms with Crippen LogP contribution in [0.3, 0.4) is 0 Å². The molecule has 0 aliphatic heterocycles. The van der Waals surface area contributed by atoms with Crippen molar-refractivity contribution < 1.29 is 76.3 Å². The van der Waals surface area contributed by atoms with E-state index in [1.165, 1.54) is 6.92 Å². The Morgan fingerprint density at radius 3 is 0.941 bits per heavy atom. The van der Waals surface area contributed by atoms with Crippen LogP contribution >= 0.6 is 0 Å². The number of aliphatic carboxylic acids is 1. The molecule has 1 amide bonds. The Morgan fingerprint density at radius 2 is 0.686 bits per heavy atom. The van der Waals surface area contributed by atoms with E-state index in [0.29, 0.717) is 158 Å². The van der Waals surface area contributed by atoms with E-state index in [4.69, 9.17) is 66.7 Å². The lowest BCUT2D eigenvalue weighted by atomic mass is 10.3. The van der Waals surface area contributed by atoms with Crippen LogP contribution in [0, 0.1) is 0 Å². The fraction of sp³-hybridized carbons (Fsp3) is 0.765. The lowest BCUT2D eigenvalue weighted by Gasteiger charge is -2.09. The second-order valence-electron chi connectivity index (χ2n) is 10.2. The predicted octanol–water partition coefficient (Wildman–Crippen LogP) is 1.31. The molecule has 0 unspecified atom stereocenters. The van der Waals surface area contributed by atoms with Crippen molar-refractivity contribution in [1.82, 2.24) is 0 Å². The second kappa shape index (κ2) is 37.2. The molecule has 296 valence electrons.